The summed E-state index contributed by atoms with van der Waals surface area (Å²) in [5.41, 5.74) is 1.18. The number of carbonyl (C=O) groups excluding carboxylic acids is 2. The van der Waals surface area contributed by atoms with Gasteiger partial charge in [-0.1, -0.05) is 18.6 Å². The van der Waals surface area contributed by atoms with Crippen molar-refractivity contribution in [3.63, 3.8) is 0 Å². The molecule has 1 heterocycles. The van der Waals surface area contributed by atoms with Crippen LogP contribution in [0.1, 0.15) is 64.5 Å². The predicted octanol–water partition coefficient (Wildman–Crippen LogP) is 4.74. The first kappa shape index (κ1) is 29.1. The summed E-state index contributed by atoms with van der Waals surface area (Å²) >= 11 is 0. The summed E-state index contributed by atoms with van der Waals surface area (Å²) in [6.07, 6.45) is 5.81. The van der Waals surface area contributed by atoms with E-state index in [1.165, 1.54) is 17.0 Å². The average molecular weight is 529 g/mol. The molecule has 38 heavy (non-hydrogen) atoms. The van der Waals surface area contributed by atoms with Crippen molar-refractivity contribution < 1.29 is 18.7 Å². The molecule has 9 nitrogen and oxygen atoms in total. The SMILES string of the molecule is CNc1ncc(CC2CCC[C@H](NC(=O)[C@H](C)N(C)C(=O)OC(C)(C)C)C2)c(NCc2cccc(F)c2)n1. The van der Waals surface area contributed by atoms with Gasteiger partial charge >= 0.3 is 6.09 Å². The molecule has 1 unspecified atom stereocenters. The van der Waals surface area contributed by atoms with Crippen LogP contribution in [0.15, 0.2) is 30.5 Å². The van der Waals surface area contributed by atoms with Crippen molar-refractivity contribution in [2.24, 2.45) is 5.92 Å². The van der Waals surface area contributed by atoms with Gasteiger partial charge in [-0.3, -0.25) is 9.69 Å². The normalized spacial score (nSPS) is 18.3. The largest absolute Gasteiger partial charge is 0.444 e. The third-order valence-electron chi connectivity index (χ3n) is 6.72. The topological polar surface area (TPSA) is 108 Å². The first-order chi connectivity index (χ1) is 17.9. The number of rotatable bonds is 9. The predicted molar refractivity (Wildman–Crippen MR) is 146 cm³/mol. The number of ether oxygens (including phenoxy) is 1. The Balaban J connectivity index is 1.61. The highest BCUT2D eigenvalue weighted by Crippen LogP contribution is 2.30. The van der Waals surface area contributed by atoms with E-state index in [1.807, 2.05) is 12.3 Å². The fourth-order valence-electron chi connectivity index (χ4n) is 4.57. The molecular formula is C28H41FN6O3. The molecule has 1 aliphatic rings. The highest BCUT2D eigenvalue weighted by molar-refractivity contribution is 5.85. The lowest BCUT2D eigenvalue weighted by Crippen LogP contribution is -2.50. The van der Waals surface area contributed by atoms with Crippen LogP contribution in [0.5, 0.6) is 0 Å². The molecule has 1 aliphatic carbocycles. The Kier molecular flexibility index (Phi) is 9.88. The summed E-state index contributed by atoms with van der Waals surface area (Å²) < 4.78 is 19.0. The van der Waals surface area contributed by atoms with E-state index in [1.54, 1.807) is 47.9 Å². The smallest absolute Gasteiger partial charge is 0.410 e. The van der Waals surface area contributed by atoms with E-state index in [0.717, 1.165) is 43.2 Å². The molecule has 0 bridgehead atoms. The zero-order valence-electron chi connectivity index (χ0n) is 23.3. The van der Waals surface area contributed by atoms with Gasteiger partial charge in [0.1, 0.15) is 23.3 Å². The molecule has 0 saturated heterocycles. The number of hydrogen-bond donors (Lipinski definition) is 3. The minimum absolute atomic E-state index is 0.0249. The van der Waals surface area contributed by atoms with E-state index >= 15 is 0 Å². The van der Waals surface area contributed by atoms with Crippen molar-refractivity contribution >= 4 is 23.8 Å². The number of carbonyl (C=O) groups is 2. The highest BCUT2D eigenvalue weighted by atomic mass is 19.1. The summed E-state index contributed by atoms with van der Waals surface area (Å²) in [5.74, 6) is 1.10. The quantitative estimate of drug-likeness (QED) is 0.431. The fourth-order valence-corrected chi connectivity index (χ4v) is 4.57. The first-order valence-corrected chi connectivity index (χ1v) is 13.2. The average Bonchev–Trinajstić information content (AvgIpc) is 2.86. The molecule has 0 aliphatic heterocycles. The van der Waals surface area contributed by atoms with E-state index in [-0.39, 0.29) is 17.8 Å². The monoisotopic (exact) mass is 528 g/mol. The summed E-state index contributed by atoms with van der Waals surface area (Å²) in [6.45, 7) is 7.54. The molecule has 1 aromatic carbocycles. The van der Waals surface area contributed by atoms with Crippen LogP contribution in [-0.4, -0.2) is 58.6 Å². The highest BCUT2D eigenvalue weighted by Gasteiger charge is 2.30. The van der Waals surface area contributed by atoms with E-state index < -0.39 is 17.7 Å². The Morgan fingerprint density at radius 3 is 2.71 bits per heavy atom. The van der Waals surface area contributed by atoms with E-state index in [2.05, 4.69) is 25.9 Å². The number of benzene rings is 1. The number of likely N-dealkylation sites (N-methyl/N-ethyl adjacent to an activating group) is 1. The molecule has 0 radical (unpaired) electrons. The zero-order chi connectivity index (χ0) is 27.9. The summed E-state index contributed by atoms with van der Waals surface area (Å²) in [7, 11) is 3.34. The minimum atomic E-state index is -0.647. The second-order valence-corrected chi connectivity index (χ2v) is 11.0. The summed E-state index contributed by atoms with van der Waals surface area (Å²) in [5, 5.41) is 9.45. The maximum absolute atomic E-state index is 13.6. The number of hydrogen-bond acceptors (Lipinski definition) is 7. The van der Waals surface area contributed by atoms with Gasteiger partial charge in [-0.25, -0.2) is 14.2 Å². The number of halogens is 1. The van der Waals surface area contributed by atoms with Crippen LogP contribution in [0.4, 0.5) is 21.0 Å². The number of nitrogens with zero attached hydrogens (tertiary/aromatic N) is 3. The van der Waals surface area contributed by atoms with Crippen molar-refractivity contribution in [3.8, 4) is 0 Å². The van der Waals surface area contributed by atoms with Crippen molar-refractivity contribution in [1.29, 1.82) is 0 Å². The lowest BCUT2D eigenvalue weighted by molar-refractivity contribution is -0.126. The standard InChI is InChI=1S/C28H41FN6O3/c1-18(35(6)27(37)38-28(2,3)4)25(36)33-23-12-8-9-19(15-23)13-21-17-32-26(30-5)34-24(21)31-16-20-10-7-11-22(29)14-20/h7,10-11,14,17-19,23H,8-9,12-13,15-16H2,1-6H3,(H,33,36)(H2,30,31,32,34)/t18-,19?,23-/m0/s1. The fraction of sp³-hybridized carbons (Fsp3) is 0.571. The van der Waals surface area contributed by atoms with Crippen LogP contribution in [0, 0.1) is 11.7 Å². The van der Waals surface area contributed by atoms with Crippen LogP contribution in [0.2, 0.25) is 0 Å². The van der Waals surface area contributed by atoms with Gasteiger partial charge in [0.15, 0.2) is 0 Å². The van der Waals surface area contributed by atoms with Gasteiger partial charge in [0.2, 0.25) is 11.9 Å². The van der Waals surface area contributed by atoms with E-state index in [4.69, 9.17) is 4.74 Å². The Labute approximate surface area is 225 Å². The molecule has 3 N–H and O–H groups in total. The van der Waals surface area contributed by atoms with Crippen LogP contribution in [-0.2, 0) is 22.5 Å². The van der Waals surface area contributed by atoms with Gasteiger partial charge in [-0.2, -0.15) is 4.98 Å². The molecule has 1 fully saturated rings. The van der Waals surface area contributed by atoms with Gasteiger partial charge in [0, 0.05) is 38.4 Å². The second-order valence-electron chi connectivity index (χ2n) is 11.0. The second kappa shape index (κ2) is 12.9. The Bertz CT molecular complexity index is 1110. The molecule has 1 aromatic heterocycles. The lowest BCUT2D eigenvalue weighted by Gasteiger charge is -2.32. The Morgan fingerprint density at radius 2 is 2.03 bits per heavy atom. The van der Waals surface area contributed by atoms with Crippen molar-refractivity contribution in [3.05, 3.63) is 47.4 Å². The minimum Gasteiger partial charge on any atom is -0.444 e. The van der Waals surface area contributed by atoms with Gasteiger partial charge in [-0.15, -0.1) is 0 Å². The number of aromatic nitrogens is 2. The molecule has 10 heteroatoms. The van der Waals surface area contributed by atoms with Crippen molar-refractivity contribution in [2.75, 3.05) is 24.7 Å². The molecule has 1 saturated carbocycles. The number of amides is 2. The van der Waals surface area contributed by atoms with Crippen molar-refractivity contribution in [1.82, 2.24) is 20.2 Å². The van der Waals surface area contributed by atoms with Gasteiger partial charge < -0.3 is 20.7 Å². The number of anilines is 2. The molecule has 2 amide bonds. The van der Waals surface area contributed by atoms with Crippen molar-refractivity contribution in [2.45, 2.75) is 84.0 Å². The Morgan fingerprint density at radius 1 is 1.26 bits per heavy atom. The molecular weight excluding hydrogens is 487 g/mol. The van der Waals surface area contributed by atoms with E-state index in [0.29, 0.717) is 24.2 Å². The number of nitrogens with one attached hydrogen (secondary N) is 3. The molecule has 3 rings (SSSR count). The maximum atomic E-state index is 13.6. The maximum Gasteiger partial charge on any atom is 0.410 e. The third kappa shape index (κ3) is 8.56. The first-order valence-electron chi connectivity index (χ1n) is 13.2. The van der Waals surface area contributed by atoms with Gasteiger partial charge in [0.25, 0.3) is 0 Å². The van der Waals surface area contributed by atoms with E-state index in [9.17, 15) is 14.0 Å². The van der Waals surface area contributed by atoms with Crippen LogP contribution >= 0.6 is 0 Å². The summed E-state index contributed by atoms with van der Waals surface area (Å²) in [6, 6.07) is 5.86. The van der Waals surface area contributed by atoms with Crippen LogP contribution < -0.4 is 16.0 Å². The van der Waals surface area contributed by atoms with Crippen LogP contribution in [0.3, 0.4) is 0 Å². The molecule has 2 aromatic rings. The zero-order valence-corrected chi connectivity index (χ0v) is 23.3. The van der Waals surface area contributed by atoms with Crippen LogP contribution in [0.25, 0.3) is 0 Å². The third-order valence-corrected chi connectivity index (χ3v) is 6.72. The summed E-state index contributed by atoms with van der Waals surface area (Å²) in [4.78, 5) is 35.6. The van der Waals surface area contributed by atoms with Gasteiger partial charge in [0.05, 0.1) is 0 Å². The lowest BCUT2D eigenvalue weighted by atomic mass is 9.82. The molecule has 3 atom stereocenters. The molecule has 0 spiro atoms. The molecule has 208 valence electrons. The Hall–Kier alpha value is -3.43. The van der Waals surface area contributed by atoms with Gasteiger partial charge in [-0.05, 0) is 77.0 Å².